The van der Waals surface area contributed by atoms with E-state index < -0.39 is 5.79 Å². The van der Waals surface area contributed by atoms with E-state index in [1.807, 2.05) is 0 Å². The van der Waals surface area contributed by atoms with Crippen LogP contribution in [0, 0.1) is 5.92 Å². The predicted molar refractivity (Wildman–Crippen MR) is 47.4 cm³/mol. The highest BCUT2D eigenvalue weighted by Gasteiger charge is 2.51. The van der Waals surface area contributed by atoms with Crippen LogP contribution in [0.3, 0.4) is 0 Å². The molecule has 0 unspecified atom stereocenters. The van der Waals surface area contributed by atoms with Crippen LogP contribution in [0.5, 0.6) is 0 Å². The first kappa shape index (κ1) is 9.89. The van der Waals surface area contributed by atoms with Gasteiger partial charge >= 0.3 is 5.97 Å². The lowest BCUT2D eigenvalue weighted by molar-refractivity contribution is -0.161. The zero-order valence-electron chi connectivity index (χ0n) is 8.19. The molecule has 0 aromatic carbocycles. The molecule has 2 atom stereocenters. The van der Waals surface area contributed by atoms with Gasteiger partial charge in [-0.15, -0.1) is 0 Å². The summed E-state index contributed by atoms with van der Waals surface area (Å²) in [7, 11) is 1.37. The molecule has 14 heavy (non-hydrogen) atoms. The number of hydrogen-bond donors (Lipinski definition) is 1. The van der Waals surface area contributed by atoms with Crippen LogP contribution in [0.1, 0.15) is 12.8 Å². The number of methoxy groups -OCH3 is 1. The first-order chi connectivity index (χ1) is 6.67. The molecule has 1 saturated heterocycles. The summed E-state index contributed by atoms with van der Waals surface area (Å²) in [6, 6.07) is -0.222. The fourth-order valence-corrected chi connectivity index (χ4v) is 2.21. The van der Waals surface area contributed by atoms with Crippen molar-refractivity contribution in [1.29, 1.82) is 0 Å². The van der Waals surface area contributed by atoms with E-state index in [-0.39, 0.29) is 17.9 Å². The number of carbonyl (C=O) groups excluding carboxylic acids is 1. The van der Waals surface area contributed by atoms with Gasteiger partial charge in [0, 0.05) is 18.9 Å². The quantitative estimate of drug-likeness (QED) is 0.587. The summed E-state index contributed by atoms with van der Waals surface area (Å²) in [5.74, 6) is -1.18. The van der Waals surface area contributed by atoms with Gasteiger partial charge in [0.05, 0.1) is 26.2 Å². The van der Waals surface area contributed by atoms with Gasteiger partial charge in [-0.3, -0.25) is 4.79 Å². The van der Waals surface area contributed by atoms with E-state index in [1.54, 1.807) is 0 Å². The van der Waals surface area contributed by atoms with Crippen molar-refractivity contribution < 1.29 is 19.0 Å². The molecule has 2 fully saturated rings. The highest BCUT2D eigenvalue weighted by Crippen LogP contribution is 2.40. The Morgan fingerprint density at radius 1 is 1.43 bits per heavy atom. The number of nitrogens with two attached hydrogens (primary N) is 1. The molecular weight excluding hydrogens is 186 g/mol. The maximum absolute atomic E-state index is 11.4. The van der Waals surface area contributed by atoms with Crippen LogP contribution in [0.25, 0.3) is 0 Å². The smallest absolute Gasteiger partial charge is 0.310 e. The molecule has 1 saturated carbocycles. The van der Waals surface area contributed by atoms with Crippen molar-refractivity contribution in [2.24, 2.45) is 11.7 Å². The molecule has 1 aliphatic carbocycles. The van der Waals surface area contributed by atoms with E-state index in [9.17, 15) is 4.79 Å². The summed E-state index contributed by atoms with van der Waals surface area (Å²) >= 11 is 0. The molecular formula is C9H15NO4. The van der Waals surface area contributed by atoms with Crippen molar-refractivity contribution >= 4 is 5.97 Å². The lowest BCUT2D eigenvalue weighted by atomic mass is 10.1. The summed E-state index contributed by atoms with van der Waals surface area (Å²) in [5.41, 5.74) is 5.85. The van der Waals surface area contributed by atoms with Gasteiger partial charge in [0.15, 0.2) is 5.79 Å². The van der Waals surface area contributed by atoms with Crippen LogP contribution in [0.15, 0.2) is 0 Å². The van der Waals surface area contributed by atoms with Crippen molar-refractivity contribution in [1.82, 2.24) is 0 Å². The Bertz CT molecular complexity index is 237. The van der Waals surface area contributed by atoms with Crippen molar-refractivity contribution in [3.8, 4) is 0 Å². The van der Waals surface area contributed by atoms with E-state index in [0.717, 1.165) is 0 Å². The Morgan fingerprint density at radius 3 is 2.64 bits per heavy atom. The Hall–Kier alpha value is -0.650. The second kappa shape index (κ2) is 3.49. The Labute approximate surface area is 82.5 Å². The second-order valence-electron chi connectivity index (χ2n) is 3.81. The van der Waals surface area contributed by atoms with E-state index in [0.29, 0.717) is 26.1 Å². The molecule has 80 valence electrons. The van der Waals surface area contributed by atoms with Crippen LogP contribution in [0.2, 0.25) is 0 Å². The highest BCUT2D eigenvalue weighted by molar-refractivity contribution is 5.73. The van der Waals surface area contributed by atoms with Crippen LogP contribution >= 0.6 is 0 Å². The molecule has 0 bridgehead atoms. The first-order valence-corrected chi connectivity index (χ1v) is 4.78. The molecule has 2 rings (SSSR count). The molecule has 0 aromatic rings. The molecule has 5 heteroatoms. The average molecular weight is 201 g/mol. The van der Waals surface area contributed by atoms with Gasteiger partial charge in [-0.05, 0) is 0 Å². The summed E-state index contributed by atoms with van der Waals surface area (Å²) < 4.78 is 15.7. The van der Waals surface area contributed by atoms with Gasteiger partial charge in [-0.1, -0.05) is 0 Å². The Balaban J connectivity index is 2.06. The lowest BCUT2D eigenvalue weighted by Gasteiger charge is -2.20. The molecule has 2 N–H and O–H groups in total. The number of rotatable bonds is 1. The minimum Gasteiger partial charge on any atom is -0.469 e. The third kappa shape index (κ3) is 1.51. The maximum Gasteiger partial charge on any atom is 0.310 e. The van der Waals surface area contributed by atoms with Gasteiger partial charge < -0.3 is 19.9 Å². The van der Waals surface area contributed by atoms with E-state index in [2.05, 4.69) is 4.74 Å². The molecule has 0 aromatic heterocycles. The molecule has 1 aliphatic heterocycles. The van der Waals surface area contributed by atoms with E-state index in [4.69, 9.17) is 15.2 Å². The topological polar surface area (TPSA) is 70.8 Å². The fraction of sp³-hybridized carbons (Fsp3) is 0.889. The van der Waals surface area contributed by atoms with Crippen LogP contribution < -0.4 is 5.73 Å². The Kier molecular flexibility index (Phi) is 2.47. The fourth-order valence-electron chi connectivity index (χ4n) is 2.21. The van der Waals surface area contributed by atoms with Crippen LogP contribution in [0.4, 0.5) is 0 Å². The summed E-state index contributed by atoms with van der Waals surface area (Å²) in [4.78, 5) is 11.4. The molecule has 1 spiro atoms. The average Bonchev–Trinajstić information content (AvgIpc) is 2.74. The van der Waals surface area contributed by atoms with Gasteiger partial charge in [0.1, 0.15) is 0 Å². The lowest BCUT2D eigenvalue weighted by Crippen LogP contribution is -2.31. The zero-order valence-corrected chi connectivity index (χ0v) is 8.19. The number of carbonyl (C=O) groups is 1. The van der Waals surface area contributed by atoms with Crippen LogP contribution in [-0.4, -0.2) is 38.1 Å². The number of ether oxygens (including phenoxy) is 3. The first-order valence-electron chi connectivity index (χ1n) is 4.78. The number of hydrogen-bond acceptors (Lipinski definition) is 5. The highest BCUT2D eigenvalue weighted by atomic mass is 16.7. The zero-order chi connectivity index (χ0) is 10.2. The van der Waals surface area contributed by atoms with Crippen molar-refractivity contribution in [3.63, 3.8) is 0 Å². The third-order valence-electron chi connectivity index (χ3n) is 2.91. The van der Waals surface area contributed by atoms with Gasteiger partial charge in [-0.25, -0.2) is 0 Å². The van der Waals surface area contributed by atoms with Crippen molar-refractivity contribution in [2.45, 2.75) is 24.7 Å². The largest absolute Gasteiger partial charge is 0.469 e. The van der Waals surface area contributed by atoms with Crippen molar-refractivity contribution in [2.75, 3.05) is 20.3 Å². The van der Waals surface area contributed by atoms with Gasteiger partial charge in [0.25, 0.3) is 0 Å². The minimum absolute atomic E-state index is 0.222. The van der Waals surface area contributed by atoms with Gasteiger partial charge in [-0.2, -0.15) is 0 Å². The molecule has 0 radical (unpaired) electrons. The molecule has 5 nitrogen and oxygen atoms in total. The molecule has 0 amide bonds. The normalized spacial score (nSPS) is 35.0. The SMILES string of the molecule is COC(=O)[C@H]1CC2(C[C@H]1N)OCCO2. The summed E-state index contributed by atoms with van der Waals surface area (Å²) in [6.07, 6.45) is 1.09. The summed E-state index contributed by atoms with van der Waals surface area (Å²) in [5, 5.41) is 0. The van der Waals surface area contributed by atoms with Gasteiger partial charge in [0.2, 0.25) is 0 Å². The number of esters is 1. The molecule has 1 heterocycles. The maximum atomic E-state index is 11.4. The predicted octanol–water partition coefficient (Wildman–Crippen LogP) is -0.360. The van der Waals surface area contributed by atoms with E-state index >= 15 is 0 Å². The second-order valence-corrected chi connectivity index (χ2v) is 3.81. The molecule has 2 aliphatic rings. The van der Waals surface area contributed by atoms with Crippen LogP contribution in [-0.2, 0) is 19.0 Å². The standard InChI is InChI=1S/C9H15NO4/c1-12-8(11)6-4-9(5-7(6)10)13-2-3-14-9/h6-7H,2-5,10H2,1H3/t6-,7+/m0/s1. The Morgan fingerprint density at radius 2 is 2.07 bits per heavy atom. The van der Waals surface area contributed by atoms with Crippen molar-refractivity contribution in [3.05, 3.63) is 0 Å². The monoisotopic (exact) mass is 201 g/mol. The third-order valence-corrected chi connectivity index (χ3v) is 2.91. The summed E-state index contributed by atoms with van der Waals surface area (Å²) in [6.45, 7) is 1.17. The van der Waals surface area contributed by atoms with E-state index in [1.165, 1.54) is 7.11 Å². The minimum atomic E-state index is -0.613.